The van der Waals surface area contributed by atoms with Crippen LogP contribution in [-0.2, 0) is 6.42 Å². The summed E-state index contributed by atoms with van der Waals surface area (Å²) in [6.45, 7) is 2.02. The van der Waals surface area contributed by atoms with Gasteiger partial charge in [-0.2, -0.15) is 0 Å². The fourth-order valence-corrected chi connectivity index (χ4v) is 2.65. The second-order valence-corrected chi connectivity index (χ2v) is 4.86. The summed E-state index contributed by atoms with van der Waals surface area (Å²) in [5, 5.41) is 22.1. The molecule has 7 heteroatoms. The van der Waals surface area contributed by atoms with Crippen molar-refractivity contribution in [2.75, 3.05) is 5.73 Å². The summed E-state index contributed by atoms with van der Waals surface area (Å²) in [4.78, 5) is 0.767. The van der Waals surface area contributed by atoms with Crippen LogP contribution >= 0.6 is 11.3 Å². The molecule has 0 aliphatic heterocycles. The largest absolute Gasteiger partial charge is 0.507 e. The molecule has 18 heavy (non-hydrogen) atoms. The molecule has 3 rings (SSSR count). The molecule has 0 aliphatic rings. The first-order valence-corrected chi connectivity index (χ1v) is 6.35. The number of rotatable bonds is 2. The van der Waals surface area contributed by atoms with E-state index in [-0.39, 0.29) is 5.75 Å². The molecule has 0 atom stereocenters. The Morgan fingerprint density at radius 2 is 2.33 bits per heavy atom. The number of aromatic hydroxyl groups is 1. The minimum atomic E-state index is 0.170. The van der Waals surface area contributed by atoms with Gasteiger partial charge in [0.1, 0.15) is 5.75 Å². The minimum absolute atomic E-state index is 0.170. The van der Waals surface area contributed by atoms with E-state index in [4.69, 9.17) is 5.73 Å². The van der Waals surface area contributed by atoms with E-state index < -0.39 is 0 Å². The van der Waals surface area contributed by atoms with Crippen molar-refractivity contribution in [1.82, 2.24) is 15.3 Å². The molecule has 0 unspecified atom stereocenters. The minimum Gasteiger partial charge on any atom is -0.507 e. The molecule has 6 nitrogen and oxygen atoms in total. The summed E-state index contributed by atoms with van der Waals surface area (Å²) in [6, 6.07) is 4.94. The SMILES string of the molecule is CCc1[nH]nc2sc(-c3cc(N)ccc3O)n[n+]12. The lowest BCUT2D eigenvalue weighted by Gasteiger charge is -2.00. The number of H-pyrrole nitrogens is 1. The molecule has 0 spiro atoms. The number of nitrogens with two attached hydrogens (primary N) is 1. The molecule has 0 saturated carbocycles. The normalized spacial score (nSPS) is 11.2. The van der Waals surface area contributed by atoms with Crippen molar-refractivity contribution < 1.29 is 9.62 Å². The predicted octanol–water partition coefficient (Wildman–Crippen LogP) is 1.12. The number of nitrogens with one attached hydrogen (secondary N) is 1. The van der Waals surface area contributed by atoms with E-state index in [2.05, 4.69) is 15.3 Å². The van der Waals surface area contributed by atoms with E-state index in [1.807, 2.05) is 6.92 Å². The summed E-state index contributed by atoms with van der Waals surface area (Å²) in [6.07, 6.45) is 0.813. The van der Waals surface area contributed by atoms with Crippen molar-refractivity contribution in [2.45, 2.75) is 13.3 Å². The Morgan fingerprint density at radius 3 is 3.11 bits per heavy atom. The molecule has 92 valence electrons. The Morgan fingerprint density at radius 1 is 1.50 bits per heavy atom. The van der Waals surface area contributed by atoms with Gasteiger partial charge in [0.05, 0.1) is 10.7 Å². The molecular formula is C11H12N5OS+. The topological polar surface area (TPSA) is 91.9 Å². The fraction of sp³-hybridized carbons (Fsp3) is 0.182. The average molecular weight is 262 g/mol. The van der Waals surface area contributed by atoms with Crippen LogP contribution in [0.2, 0.25) is 0 Å². The first-order valence-electron chi connectivity index (χ1n) is 5.54. The molecule has 0 fully saturated rings. The second-order valence-electron chi connectivity index (χ2n) is 3.90. The number of aromatic amines is 1. The third-order valence-electron chi connectivity index (χ3n) is 2.68. The Hall–Kier alpha value is -2.15. The number of phenols is 1. The van der Waals surface area contributed by atoms with Crippen LogP contribution < -0.4 is 10.2 Å². The Labute approximate surface area is 107 Å². The lowest BCUT2D eigenvalue weighted by atomic mass is 10.2. The Kier molecular flexibility index (Phi) is 2.41. The lowest BCUT2D eigenvalue weighted by Crippen LogP contribution is -2.25. The van der Waals surface area contributed by atoms with E-state index in [0.717, 1.165) is 17.2 Å². The molecule has 0 bridgehead atoms. The number of anilines is 1. The number of phenolic OH excluding ortho intramolecular Hbond substituents is 1. The highest BCUT2D eigenvalue weighted by Gasteiger charge is 2.20. The number of hydrogen-bond donors (Lipinski definition) is 3. The number of aromatic nitrogens is 4. The zero-order chi connectivity index (χ0) is 12.7. The smallest absolute Gasteiger partial charge is 0.384 e. The number of nitrogens with zero attached hydrogens (tertiary/aromatic N) is 3. The molecule has 2 aromatic heterocycles. The summed E-state index contributed by atoms with van der Waals surface area (Å²) >= 11 is 1.40. The van der Waals surface area contributed by atoms with Crippen LogP contribution in [0.15, 0.2) is 18.2 Å². The highest BCUT2D eigenvalue weighted by Crippen LogP contribution is 2.32. The van der Waals surface area contributed by atoms with Crippen molar-refractivity contribution in [3.63, 3.8) is 0 Å². The zero-order valence-electron chi connectivity index (χ0n) is 9.71. The molecule has 3 aromatic rings. The highest BCUT2D eigenvalue weighted by atomic mass is 32.1. The summed E-state index contributed by atoms with van der Waals surface area (Å²) in [5.41, 5.74) is 6.95. The van der Waals surface area contributed by atoms with Gasteiger partial charge in [0.2, 0.25) is 0 Å². The average Bonchev–Trinajstić information content (AvgIpc) is 2.91. The number of nitrogen functional groups attached to an aromatic ring is 1. The van der Waals surface area contributed by atoms with Gasteiger partial charge in [-0.05, 0) is 29.5 Å². The maximum Gasteiger partial charge on any atom is 0.384 e. The van der Waals surface area contributed by atoms with Crippen molar-refractivity contribution >= 4 is 22.0 Å². The monoisotopic (exact) mass is 262 g/mol. The quantitative estimate of drug-likeness (QED) is 0.366. The van der Waals surface area contributed by atoms with E-state index in [1.165, 1.54) is 11.3 Å². The zero-order valence-corrected chi connectivity index (χ0v) is 10.5. The molecule has 2 heterocycles. The Bertz CT molecular complexity index is 717. The summed E-state index contributed by atoms with van der Waals surface area (Å²) in [7, 11) is 0. The van der Waals surface area contributed by atoms with E-state index in [0.29, 0.717) is 16.3 Å². The maximum absolute atomic E-state index is 9.85. The molecule has 0 saturated heterocycles. The first-order chi connectivity index (χ1) is 8.69. The molecule has 4 N–H and O–H groups in total. The number of fused-ring (bicyclic) bond motifs is 1. The van der Waals surface area contributed by atoms with Gasteiger partial charge in [-0.1, -0.05) is 16.5 Å². The summed E-state index contributed by atoms with van der Waals surface area (Å²) < 4.78 is 1.75. The number of benzene rings is 1. The van der Waals surface area contributed by atoms with Gasteiger partial charge < -0.3 is 10.8 Å². The van der Waals surface area contributed by atoms with Gasteiger partial charge in [-0.15, -0.1) is 5.10 Å². The standard InChI is InChI=1S/C11H11N5OS/c1-2-9-13-14-11-16(9)15-10(18-11)7-5-6(12)3-4-8(7)17/h3-5H,2,12H2,1H3,(H,15,17)/p+1. The molecule has 0 radical (unpaired) electrons. The van der Waals surface area contributed by atoms with Gasteiger partial charge in [-0.25, -0.2) is 0 Å². The van der Waals surface area contributed by atoms with Crippen molar-refractivity contribution in [3.8, 4) is 16.3 Å². The Balaban J connectivity index is 2.19. The van der Waals surface area contributed by atoms with E-state index in [1.54, 1.807) is 22.7 Å². The van der Waals surface area contributed by atoms with Crippen LogP contribution in [0.1, 0.15) is 12.7 Å². The number of hydrogen-bond acceptors (Lipinski definition) is 5. The predicted molar refractivity (Wildman–Crippen MR) is 68.3 cm³/mol. The summed E-state index contributed by atoms with van der Waals surface area (Å²) in [5.74, 6) is 1.10. The fourth-order valence-electron chi connectivity index (χ4n) is 1.75. The van der Waals surface area contributed by atoms with Crippen LogP contribution in [-0.4, -0.2) is 20.4 Å². The van der Waals surface area contributed by atoms with Crippen molar-refractivity contribution in [3.05, 3.63) is 24.0 Å². The van der Waals surface area contributed by atoms with Crippen LogP contribution in [0.3, 0.4) is 0 Å². The molecule has 1 aromatic carbocycles. The number of aryl methyl sites for hydroxylation is 1. The van der Waals surface area contributed by atoms with Gasteiger partial charge in [-0.3, -0.25) is 0 Å². The van der Waals surface area contributed by atoms with Crippen LogP contribution in [0, 0.1) is 0 Å². The molecular weight excluding hydrogens is 250 g/mol. The lowest BCUT2D eigenvalue weighted by molar-refractivity contribution is -0.583. The second kappa shape index (κ2) is 3.95. The van der Waals surface area contributed by atoms with Gasteiger partial charge >= 0.3 is 4.96 Å². The molecule has 0 aliphatic carbocycles. The van der Waals surface area contributed by atoms with E-state index >= 15 is 0 Å². The first kappa shape index (κ1) is 11.0. The van der Waals surface area contributed by atoms with Gasteiger partial charge in [0.15, 0.2) is 5.01 Å². The van der Waals surface area contributed by atoms with Crippen molar-refractivity contribution in [2.24, 2.45) is 0 Å². The van der Waals surface area contributed by atoms with Gasteiger partial charge in [0, 0.05) is 12.1 Å². The van der Waals surface area contributed by atoms with Crippen molar-refractivity contribution in [1.29, 1.82) is 0 Å². The van der Waals surface area contributed by atoms with Crippen LogP contribution in [0.4, 0.5) is 5.69 Å². The van der Waals surface area contributed by atoms with Gasteiger partial charge in [0.25, 0.3) is 5.82 Å². The highest BCUT2D eigenvalue weighted by molar-refractivity contribution is 7.19. The van der Waals surface area contributed by atoms with Crippen LogP contribution in [0.25, 0.3) is 15.5 Å². The third-order valence-corrected chi connectivity index (χ3v) is 3.62. The molecule has 0 amide bonds. The third kappa shape index (κ3) is 1.60. The maximum atomic E-state index is 9.85. The van der Waals surface area contributed by atoms with E-state index in [9.17, 15) is 5.11 Å². The van der Waals surface area contributed by atoms with Crippen LogP contribution in [0.5, 0.6) is 5.75 Å².